The standard InChI is InChI=1S/C31H39N3O5S/c1-22(2)19-34(40(37,38)28-15-13-23(3)14-16-28)20-30(35)29(18-25-9-6-5-7-10-25)33-31(36)39-21-26-11-8-12-27(17-26)24(4)32/h5-17,22,29-30,35H,4,18-21,32H2,1-3H3,(H,33,36). The molecule has 2 atom stereocenters. The van der Waals surface area contributed by atoms with Crippen LogP contribution >= 0.6 is 0 Å². The van der Waals surface area contributed by atoms with Crippen LogP contribution in [0.25, 0.3) is 5.70 Å². The number of nitrogens with zero attached hydrogens (tertiary/aromatic N) is 1. The number of alkyl carbamates (subject to hydrolysis) is 1. The van der Waals surface area contributed by atoms with Gasteiger partial charge in [-0.15, -0.1) is 0 Å². The van der Waals surface area contributed by atoms with Crippen LogP contribution in [0.5, 0.6) is 0 Å². The molecule has 0 saturated carbocycles. The van der Waals surface area contributed by atoms with Gasteiger partial charge in [0.2, 0.25) is 10.0 Å². The number of sulfonamides is 1. The van der Waals surface area contributed by atoms with E-state index >= 15 is 0 Å². The Morgan fingerprint density at radius 2 is 1.65 bits per heavy atom. The Bertz CT molecular complexity index is 1380. The minimum atomic E-state index is -3.89. The summed E-state index contributed by atoms with van der Waals surface area (Å²) in [5, 5.41) is 14.1. The molecule has 3 rings (SSSR count). The highest BCUT2D eigenvalue weighted by Gasteiger charge is 2.31. The fourth-order valence-corrected chi connectivity index (χ4v) is 5.85. The van der Waals surface area contributed by atoms with Gasteiger partial charge in [-0.1, -0.05) is 86.7 Å². The number of aliphatic hydroxyl groups excluding tert-OH is 1. The lowest BCUT2D eigenvalue weighted by atomic mass is 10.0. The van der Waals surface area contributed by atoms with Crippen LogP contribution < -0.4 is 11.1 Å². The first-order valence-corrected chi connectivity index (χ1v) is 14.7. The summed E-state index contributed by atoms with van der Waals surface area (Å²) >= 11 is 0. The maximum absolute atomic E-state index is 13.5. The number of carbonyl (C=O) groups is 1. The van der Waals surface area contributed by atoms with Gasteiger partial charge in [0.15, 0.2) is 0 Å². The molecule has 0 fully saturated rings. The highest BCUT2D eigenvalue weighted by atomic mass is 32.2. The maximum atomic E-state index is 13.5. The lowest BCUT2D eigenvalue weighted by Gasteiger charge is -2.30. The Labute approximate surface area is 237 Å². The van der Waals surface area contributed by atoms with Crippen LogP contribution in [0.3, 0.4) is 0 Å². The molecule has 0 aromatic heterocycles. The number of hydrogen-bond acceptors (Lipinski definition) is 6. The van der Waals surface area contributed by atoms with Gasteiger partial charge in [-0.3, -0.25) is 0 Å². The maximum Gasteiger partial charge on any atom is 0.407 e. The first-order chi connectivity index (χ1) is 19.0. The summed E-state index contributed by atoms with van der Waals surface area (Å²) in [7, 11) is -3.89. The lowest BCUT2D eigenvalue weighted by molar-refractivity contribution is 0.0873. The number of nitrogens with one attached hydrogen (secondary N) is 1. The number of hydrogen-bond donors (Lipinski definition) is 3. The van der Waals surface area contributed by atoms with E-state index in [1.54, 1.807) is 42.5 Å². The number of benzene rings is 3. The van der Waals surface area contributed by atoms with Crippen LogP contribution in [0.2, 0.25) is 0 Å². The van der Waals surface area contributed by atoms with Gasteiger partial charge < -0.3 is 20.9 Å². The first kappa shape index (κ1) is 30.9. The Hall–Kier alpha value is -3.66. The van der Waals surface area contributed by atoms with E-state index in [2.05, 4.69) is 11.9 Å². The second-order valence-corrected chi connectivity index (χ2v) is 12.3. The number of aliphatic hydroxyl groups is 1. The minimum Gasteiger partial charge on any atom is -0.445 e. The number of nitrogens with two attached hydrogens (primary N) is 1. The zero-order valence-corrected chi connectivity index (χ0v) is 24.1. The number of aryl methyl sites for hydroxylation is 1. The molecule has 40 heavy (non-hydrogen) atoms. The van der Waals surface area contributed by atoms with Crippen molar-refractivity contribution in [3.63, 3.8) is 0 Å². The van der Waals surface area contributed by atoms with Crippen LogP contribution in [0.15, 0.2) is 90.3 Å². The van der Waals surface area contributed by atoms with Crippen molar-refractivity contribution >= 4 is 21.8 Å². The Morgan fingerprint density at radius 1 is 1.00 bits per heavy atom. The first-order valence-electron chi connectivity index (χ1n) is 13.2. The fourth-order valence-electron chi connectivity index (χ4n) is 4.23. The predicted octanol–water partition coefficient (Wildman–Crippen LogP) is 4.47. The Kier molecular flexibility index (Phi) is 10.9. The van der Waals surface area contributed by atoms with E-state index in [-0.39, 0.29) is 36.9 Å². The molecule has 0 radical (unpaired) electrons. The van der Waals surface area contributed by atoms with E-state index in [1.807, 2.05) is 57.2 Å². The summed E-state index contributed by atoms with van der Waals surface area (Å²) in [6.45, 7) is 9.43. The SMILES string of the molecule is C=C(N)c1cccc(COC(=O)NC(Cc2ccccc2)C(O)CN(CC(C)C)S(=O)(=O)c2ccc(C)cc2)c1. The second-order valence-electron chi connectivity index (χ2n) is 10.3. The quantitative estimate of drug-likeness (QED) is 0.281. The van der Waals surface area contributed by atoms with Gasteiger partial charge in [-0.05, 0) is 54.2 Å². The third-order valence-corrected chi connectivity index (χ3v) is 8.20. The molecule has 0 aliphatic rings. The van der Waals surface area contributed by atoms with E-state index in [4.69, 9.17) is 10.5 Å². The molecule has 1 amide bonds. The van der Waals surface area contributed by atoms with Gasteiger partial charge in [0.1, 0.15) is 6.61 Å². The molecule has 214 valence electrons. The Morgan fingerprint density at radius 3 is 2.27 bits per heavy atom. The average Bonchev–Trinajstić information content (AvgIpc) is 2.92. The zero-order valence-electron chi connectivity index (χ0n) is 23.3. The third-order valence-electron chi connectivity index (χ3n) is 6.35. The molecule has 8 nitrogen and oxygen atoms in total. The third kappa shape index (κ3) is 8.94. The summed E-state index contributed by atoms with van der Waals surface area (Å²) in [4.78, 5) is 13.0. The smallest absolute Gasteiger partial charge is 0.407 e. The van der Waals surface area contributed by atoms with Gasteiger partial charge in [0, 0.05) is 18.8 Å². The minimum absolute atomic E-state index is 0.0115. The summed E-state index contributed by atoms with van der Waals surface area (Å²) in [5.74, 6) is 0.0123. The number of rotatable bonds is 13. The van der Waals surface area contributed by atoms with Crippen molar-refractivity contribution in [2.75, 3.05) is 13.1 Å². The average molecular weight is 566 g/mol. The van der Waals surface area contributed by atoms with Gasteiger partial charge in [-0.2, -0.15) is 4.31 Å². The molecular weight excluding hydrogens is 526 g/mol. The highest BCUT2D eigenvalue weighted by Crippen LogP contribution is 2.20. The summed E-state index contributed by atoms with van der Waals surface area (Å²) in [6.07, 6.45) is -1.66. The fraction of sp³-hybridized carbons (Fsp3) is 0.323. The molecule has 4 N–H and O–H groups in total. The van der Waals surface area contributed by atoms with Crippen molar-refractivity contribution in [2.45, 2.75) is 50.8 Å². The van der Waals surface area contributed by atoms with Crippen LogP contribution in [-0.4, -0.2) is 49.2 Å². The summed E-state index contributed by atoms with van der Waals surface area (Å²) in [6, 6.07) is 22.4. The molecule has 0 spiro atoms. The van der Waals surface area contributed by atoms with Crippen molar-refractivity contribution in [2.24, 2.45) is 11.7 Å². The van der Waals surface area contributed by atoms with Crippen molar-refractivity contribution in [3.8, 4) is 0 Å². The van der Waals surface area contributed by atoms with E-state index < -0.39 is 28.3 Å². The highest BCUT2D eigenvalue weighted by molar-refractivity contribution is 7.89. The Balaban J connectivity index is 1.79. The van der Waals surface area contributed by atoms with Crippen LogP contribution in [0, 0.1) is 12.8 Å². The lowest BCUT2D eigenvalue weighted by Crippen LogP contribution is -2.51. The van der Waals surface area contributed by atoms with Crippen molar-refractivity contribution < 1.29 is 23.1 Å². The normalized spacial score (nSPS) is 13.2. The topological polar surface area (TPSA) is 122 Å². The molecule has 2 unspecified atom stereocenters. The van der Waals surface area contributed by atoms with E-state index in [0.29, 0.717) is 5.70 Å². The molecule has 3 aromatic rings. The van der Waals surface area contributed by atoms with Gasteiger partial charge >= 0.3 is 6.09 Å². The molecule has 0 aliphatic carbocycles. The number of ether oxygens (including phenoxy) is 1. The van der Waals surface area contributed by atoms with Crippen molar-refractivity contribution in [1.82, 2.24) is 9.62 Å². The van der Waals surface area contributed by atoms with Crippen LogP contribution in [-0.2, 0) is 27.8 Å². The summed E-state index contributed by atoms with van der Waals surface area (Å²) < 4.78 is 33.8. The largest absolute Gasteiger partial charge is 0.445 e. The molecule has 9 heteroatoms. The predicted molar refractivity (Wildman–Crippen MR) is 158 cm³/mol. The van der Waals surface area contributed by atoms with Gasteiger partial charge in [0.25, 0.3) is 0 Å². The monoisotopic (exact) mass is 565 g/mol. The van der Waals surface area contributed by atoms with E-state index in [0.717, 1.165) is 22.3 Å². The molecule has 0 bridgehead atoms. The zero-order chi connectivity index (χ0) is 29.3. The molecule has 3 aromatic carbocycles. The van der Waals surface area contributed by atoms with Crippen LogP contribution in [0.1, 0.15) is 36.1 Å². The van der Waals surface area contributed by atoms with Gasteiger partial charge in [-0.25, -0.2) is 13.2 Å². The second kappa shape index (κ2) is 14.1. The van der Waals surface area contributed by atoms with Crippen molar-refractivity contribution in [3.05, 3.63) is 108 Å². The molecule has 0 aliphatic heterocycles. The molecule has 0 heterocycles. The van der Waals surface area contributed by atoms with Crippen molar-refractivity contribution in [1.29, 1.82) is 0 Å². The van der Waals surface area contributed by atoms with Crippen LogP contribution in [0.4, 0.5) is 4.79 Å². The molecule has 0 saturated heterocycles. The summed E-state index contributed by atoms with van der Waals surface area (Å²) in [5.41, 5.74) is 9.45. The van der Waals surface area contributed by atoms with Gasteiger partial charge in [0.05, 0.1) is 17.0 Å². The number of carbonyl (C=O) groups excluding carboxylic acids is 1. The van der Waals surface area contributed by atoms with E-state index in [1.165, 1.54) is 4.31 Å². The van der Waals surface area contributed by atoms with E-state index in [9.17, 15) is 18.3 Å². The molecular formula is C31H39N3O5S. The number of amides is 1.